The van der Waals surface area contributed by atoms with Gasteiger partial charge in [0.05, 0.1) is 11.1 Å². The molecular formula is C18H18BrClFNO2. The molecule has 24 heavy (non-hydrogen) atoms. The molecule has 3 N–H and O–H groups in total. The van der Waals surface area contributed by atoms with Crippen LogP contribution in [0.25, 0.3) is 0 Å². The van der Waals surface area contributed by atoms with Crippen LogP contribution in [0.5, 0.6) is 5.75 Å². The van der Waals surface area contributed by atoms with E-state index in [0.717, 1.165) is 11.1 Å². The Kier molecular flexibility index (Phi) is 5.16. The highest BCUT2D eigenvalue weighted by Crippen LogP contribution is 2.49. The van der Waals surface area contributed by atoms with Crippen LogP contribution >= 0.6 is 27.5 Å². The molecule has 2 atom stereocenters. The first-order valence-electron chi connectivity index (χ1n) is 7.76. The first-order valence-corrected chi connectivity index (χ1v) is 8.93. The Morgan fingerprint density at radius 1 is 1.38 bits per heavy atom. The fourth-order valence-corrected chi connectivity index (χ4v) is 3.80. The summed E-state index contributed by atoms with van der Waals surface area (Å²) in [7, 11) is 0. The molecule has 1 aliphatic heterocycles. The summed E-state index contributed by atoms with van der Waals surface area (Å²) in [5.74, 6) is -0.0389. The minimum atomic E-state index is -0.667. The lowest BCUT2D eigenvalue weighted by Gasteiger charge is -2.30. The molecule has 0 spiro atoms. The maximum Gasteiger partial charge on any atom is 0.146 e. The van der Waals surface area contributed by atoms with Gasteiger partial charge in [-0.2, -0.15) is 0 Å². The SMILES string of the molecule is NC[C@@H](O)CCC1(c2ccccc2)Cc2c(cc(F)c(Cl)c2Br)O1. The quantitative estimate of drug-likeness (QED) is 0.722. The summed E-state index contributed by atoms with van der Waals surface area (Å²) < 4.78 is 20.7. The van der Waals surface area contributed by atoms with Gasteiger partial charge in [-0.25, -0.2) is 4.39 Å². The highest BCUT2D eigenvalue weighted by Gasteiger charge is 2.42. The van der Waals surface area contributed by atoms with E-state index in [2.05, 4.69) is 15.9 Å². The minimum Gasteiger partial charge on any atom is -0.482 e. The molecule has 0 aliphatic carbocycles. The van der Waals surface area contributed by atoms with E-state index in [0.29, 0.717) is 29.5 Å². The largest absolute Gasteiger partial charge is 0.482 e. The second-order valence-corrected chi connectivity index (χ2v) is 7.20. The molecule has 0 saturated carbocycles. The van der Waals surface area contributed by atoms with E-state index in [1.807, 2.05) is 30.3 Å². The van der Waals surface area contributed by atoms with Gasteiger partial charge in [0.2, 0.25) is 0 Å². The van der Waals surface area contributed by atoms with Gasteiger partial charge in [-0.1, -0.05) is 41.9 Å². The molecule has 3 rings (SSSR count). The van der Waals surface area contributed by atoms with Crippen molar-refractivity contribution < 1.29 is 14.2 Å². The van der Waals surface area contributed by atoms with Crippen molar-refractivity contribution >= 4 is 27.5 Å². The van der Waals surface area contributed by atoms with Gasteiger partial charge in [0.15, 0.2) is 0 Å². The normalized spacial score (nSPS) is 20.5. The molecule has 0 amide bonds. The second kappa shape index (κ2) is 7.00. The molecule has 128 valence electrons. The molecule has 0 bridgehead atoms. The van der Waals surface area contributed by atoms with Crippen LogP contribution in [-0.2, 0) is 12.0 Å². The van der Waals surface area contributed by atoms with Crippen LogP contribution in [-0.4, -0.2) is 17.8 Å². The summed E-state index contributed by atoms with van der Waals surface area (Å²) in [6.07, 6.45) is 1.01. The van der Waals surface area contributed by atoms with Crippen molar-refractivity contribution in [3.05, 3.63) is 62.8 Å². The van der Waals surface area contributed by atoms with E-state index in [1.54, 1.807) is 0 Å². The smallest absolute Gasteiger partial charge is 0.146 e. The first-order chi connectivity index (χ1) is 11.5. The number of rotatable bonds is 5. The zero-order chi connectivity index (χ0) is 17.3. The maximum absolute atomic E-state index is 14.0. The Morgan fingerprint density at radius 2 is 2.08 bits per heavy atom. The number of fused-ring (bicyclic) bond motifs is 1. The van der Waals surface area contributed by atoms with Crippen LogP contribution in [0.3, 0.4) is 0 Å². The lowest BCUT2D eigenvalue weighted by Crippen LogP contribution is -2.33. The average Bonchev–Trinajstić information content (AvgIpc) is 2.98. The predicted molar refractivity (Wildman–Crippen MR) is 95.9 cm³/mol. The Morgan fingerprint density at radius 3 is 2.75 bits per heavy atom. The van der Waals surface area contributed by atoms with Crippen molar-refractivity contribution in [3.63, 3.8) is 0 Å². The minimum absolute atomic E-state index is 0.0585. The van der Waals surface area contributed by atoms with Gasteiger partial charge in [0.25, 0.3) is 0 Å². The molecule has 0 fully saturated rings. The lowest BCUT2D eigenvalue weighted by molar-refractivity contribution is 0.0583. The lowest BCUT2D eigenvalue weighted by atomic mass is 9.84. The zero-order valence-corrected chi connectivity index (χ0v) is 15.3. The first kappa shape index (κ1) is 17.7. The van der Waals surface area contributed by atoms with Crippen molar-refractivity contribution in [1.29, 1.82) is 0 Å². The molecule has 0 aromatic heterocycles. The Balaban J connectivity index is 2.01. The highest BCUT2D eigenvalue weighted by atomic mass is 79.9. The van der Waals surface area contributed by atoms with Gasteiger partial charge < -0.3 is 15.6 Å². The number of aliphatic hydroxyl groups excluding tert-OH is 1. The van der Waals surface area contributed by atoms with E-state index in [9.17, 15) is 9.50 Å². The third-order valence-corrected chi connectivity index (χ3v) is 5.92. The number of ether oxygens (including phenoxy) is 1. The van der Waals surface area contributed by atoms with Gasteiger partial charge in [0, 0.05) is 29.1 Å². The molecule has 3 nitrogen and oxygen atoms in total. The highest BCUT2D eigenvalue weighted by molar-refractivity contribution is 9.10. The van der Waals surface area contributed by atoms with E-state index < -0.39 is 17.5 Å². The van der Waals surface area contributed by atoms with Crippen molar-refractivity contribution in [2.75, 3.05) is 6.54 Å². The third kappa shape index (κ3) is 3.18. The van der Waals surface area contributed by atoms with Crippen LogP contribution in [0, 0.1) is 5.82 Å². The molecule has 1 heterocycles. The average molecular weight is 415 g/mol. The molecule has 2 aromatic carbocycles. The monoisotopic (exact) mass is 413 g/mol. The fraction of sp³-hybridized carbons (Fsp3) is 0.333. The van der Waals surface area contributed by atoms with Gasteiger partial charge in [-0.3, -0.25) is 0 Å². The number of nitrogens with two attached hydrogens (primary N) is 1. The van der Waals surface area contributed by atoms with Gasteiger partial charge >= 0.3 is 0 Å². The predicted octanol–water partition coefficient (Wildman–Crippen LogP) is 4.17. The summed E-state index contributed by atoms with van der Waals surface area (Å²) >= 11 is 9.40. The van der Waals surface area contributed by atoms with Crippen molar-refractivity contribution in [2.45, 2.75) is 31.0 Å². The van der Waals surface area contributed by atoms with Gasteiger partial charge in [-0.05, 0) is 34.3 Å². The molecular weight excluding hydrogens is 397 g/mol. The number of benzene rings is 2. The van der Waals surface area contributed by atoms with Crippen LogP contribution in [0.4, 0.5) is 4.39 Å². The Hall–Kier alpha value is -1.14. The number of hydrogen-bond acceptors (Lipinski definition) is 3. The molecule has 6 heteroatoms. The van der Waals surface area contributed by atoms with Crippen molar-refractivity contribution in [3.8, 4) is 5.75 Å². The van der Waals surface area contributed by atoms with Crippen LogP contribution < -0.4 is 10.5 Å². The maximum atomic E-state index is 14.0. The Labute approximate surface area is 153 Å². The summed E-state index contributed by atoms with van der Waals surface area (Å²) in [4.78, 5) is 0. The summed E-state index contributed by atoms with van der Waals surface area (Å²) in [6, 6.07) is 11.1. The van der Waals surface area contributed by atoms with E-state index in [-0.39, 0.29) is 11.6 Å². The summed E-state index contributed by atoms with van der Waals surface area (Å²) in [5.41, 5.74) is 6.67. The van der Waals surface area contributed by atoms with E-state index >= 15 is 0 Å². The van der Waals surface area contributed by atoms with Crippen molar-refractivity contribution in [2.24, 2.45) is 5.73 Å². The fourth-order valence-electron chi connectivity index (χ4n) is 3.10. The summed E-state index contributed by atoms with van der Waals surface area (Å²) in [5, 5.41) is 9.93. The molecule has 0 saturated heterocycles. The summed E-state index contributed by atoms with van der Waals surface area (Å²) in [6.45, 7) is 0.196. The van der Waals surface area contributed by atoms with Crippen LogP contribution in [0.15, 0.2) is 40.9 Å². The van der Waals surface area contributed by atoms with Gasteiger partial charge in [0.1, 0.15) is 17.2 Å². The molecule has 1 unspecified atom stereocenters. The molecule has 0 radical (unpaired) electrons. The number of halogens is 3. The molecule has 2 aromatic rings. The topological polar surface area (TPSA) is 55.5 Å². The number of hydrogen-bond donors (Lipinski definition) is 2. The van der Waals surface area contributed by atoms with Gasteiger partial charge in [-0.15, -0.1) is 0 Å². The standard InChI is InChI=1S/C18H18BrClFNO2/c19-16-13-9-18(7-6-12(23)10-22,11-4-2-1-3-5-11)24-15(13)8-14(21)17(16)20/h1-5,8,12,23H,6-7,9-10,22H2/t12-,18?/m0/s1. The van der Waals surface area contributed by atoms with Crippen LogP contribution in [0.1, 0.15) is 24.0 Å². The van der Waals surface area contributed by atoms with E-state index in [1.165, 1.54) is 6.07 Å². The van der Waals surface area contributed by atoms with Crippen LogP contribution in [0.2, 0.25) is 5.02 Å². The second-order valence-electron chi connectivity index (χ2n) is 6.03. The third-order valence-electron chi connectivity index (χ3n) is 4.44. The number of aliphatic hydroxyl groups is 1. The zero-order valence-electron chi connectivity index (χ0n) is 12.9. The Bertz CT molecular complexity index is 744. The van der Waals surface area contributed by atoms with E-state index in [4.69, 9.17) is 22.1 Å². The van der Waals surface area contributed by atoms with Crippen molar-refractivity contribution in [1.82, 2.24) is 0 Å². The molecule has 1 aliphatic rings.